The van der Waals surface area contributed by atoms with E-state index in [1.807, 2.05) is 0 Å². The highest BCUT2D eigenvalue weighted by molar-refractivity contribution is 5.95. The Morgan fingerprint density at radius 3 is 1.93 bits per heavy atom. The summed E-state index contributed by atoms with van der Waals surface area (Å²) in [5, 5.41) is 24.1. The van der Waals surface area contributed by atoms with E-state index in [-0.39, 0.29) is 18.5 Å². The third-order valence-electron chi connectivity index (χ3n) is 3.57. The summed E-state index contributed by atoms with van der Waals surface area (Å²) in [7, 11) is 0. The number of nitro groups is 2. The number of alkyl halides is 3. The number of nitro benzene ring substituents is 2. The molecule has 8 nitrogen and oxygen atoms in total. The van der Waals surface area contributed by atoms with Gasteiger partial charge in [0.15, 0.2) is 0 Å². The van der Waals surface area contributed by atoms with E-state index in [2.05, 4.69) is 5.32 Å². The van der Waals surface area contributed by atoms with Gasteiger partial charge in [-0.25, -0.2) is 0 Å². The number of nitrogens with zero attached hydrogens (tertiary/aromatic N) is 2. The minimum absolute atomic E-state index is 0.0285. The fourth-order valence-corrected chi connectivity index (χ4v) is 2.22. The molecule has 142 valence electrons. The summed E-state index contributed by atoms with van der Waals surface area (Å²) in [6, 6.07) is 6.92. The van der Waals surface area contributed by atoms with Crippen molar-refractivity contribution in [2.24, 2.45) is 0 Å². The zero-order chi connectivity index (χ0) is 20.2. The molecular formula is C16H12F3N3O5. The molecule has 0 aliphatic heterocycles. The second-order valence-electron chi connectivity index (χ2n) is 5.45. The number of hydrogen-bond acceptors (Lipinski definition) is 5. The van der Waals surface area contributed by atoms with Gasteiger partial charge in [0.2, 0.25) is 0 Å². The van der Waals surface area contributed by atoms with Crippen LogP contribution >= 0.6 is 0 Å². The zero-order valence-electron chi connectivity index (χ0n) is 13.5. The third-order valence-corrected chi connectivity index (χ3v) is 3.57. The van der Waals surface area contributed by atoms with Crippen molar-refractivity contribution < 1.29 is 27.8 Å². The molecule has 2 aromatic carbocycles. The van der Waals surface area contributed by atoms with E-state index in [0.29, 0.717) is 5.56 Å². The van der Waals surface area contributed by atoms with E-state index in [0.717, 1.165) is 30.3 Å². The molecule has 0 heterocycles. The summed E-state index contributed by atoms with van der Waals surface area (Å²) in [6.45, 7) is 0.0285. The molecule has 0 bridgehead atoms. The highest BCUT2D eigenvalue weighted by Crippen LogP contribution is 2.29. The first-order valence-corrected chi connectivity index (χ1v) is 7.46. The van der Waals surface area contributed by atoms with Gasteiger partial charge < -0.3 is 5.32 Å². The fraction of sp³-hybridized carbons (Fsp3) is 0.188. The predicted molar refractivity (Wildman–Crippen MR) is 87.2 cm³/mol. The standard InChI is InChI=1S/C16H12F3N3O5/c17-16(18,19)12-3-1-10(2-4-12)5-6-20-15(23)11-7-13(21(24)25)9-14(8-11)22(26)27/h1-4,7-9H,5-6H2,(H,20,23). The SMILES string of the molecule is O=C(NCCc1ccc(C(F)(F)F)cc1)c1cc([N+](=O)[O-])cc([N+](=O)[O-])c1. The quantitative estimate of drug-likeness (QED) is 0.605. The first kappa shape index (κ1) is 19.8. The maximum Gasteiger partial charge on any atom is 0.416 e. The number of carbonyl (C=O) groups is 1. The molecule has 0 saturated heterocycles. The van der Waals surface area contributed by atoms with Gasteiger partial charge in [0.1, 0.15) is 0 Å². The Kier molecular flexibility index (Phi) is 5.73. The van der Waals surface area contributed by atoms with Gasteiger partial charge in [-0.2, -0.15) is 13.2 Å². The minimum atomic E-state index is -4.44. The van der Waals surface area contributed by atoms with Gasteiger partial charge in [-0.3, -0.25) is 25.0 Å². The van der Waals surface area contributed by atoms with Crippen LogP contribution < -0.4 is 5.32 Å². The van der Waals surface area contributed by atoms with E-state index < -0.39 is 38.9 Å². The van der Waals surface area contributed by atoms with E-state index in [9.17, 15) is 38.2 Å². The Morgan fingerprint density at radius 2 is 1.48 bits per heavy atom. The average Bonchev–Trinajstić information content (AvgIpc) is 2.60. The lowest BCUT2D eigenvalue weighted by atomic mass is 10.1. The van der Waals surface area contributed by atoms with Gasteiger partial charge in [0.05, 0.1) is 27.0 Å². The number of amides is 1. The van der Waals surface area contributed by atoms with Gasteiger partial charge in [0, 0.05) is 18.7 Å². The maximum atomic E-state index is 12.5. The van der Waals surface area contributed by atoms with Crippen LogP contribution in [0.1, 0.15) is 21.5 Å². The van der Waals surface area contributed by atoms with E-state index in [1.54, 1.807) is 0 Å². The lowest BCUT2D eigenvalue weighted by Crippen LogP contribution is -2.25. The smallest absolute Gasteiger partial charge is 0.352 e. The van der Waals surface area contributed by atoms with Crippen molar-refractivity contribution in [3.8, 4) is 0 Å². The molecule has 2 aromatic rings. The van der Waals surface area contributed by atoms with Crippen LogP contribution in [0.15, 0.2) is 42.5 Å². The maximum absolute atomic E-state index is 12.5. The molecule has 0 atom stereocenters. The molecule has 1 amide bonds. The van der Waals surface area contributed by atoms with Gasteiger partial charge >= 0.3 is 6.18 Å². The summed E-state index contributed by atoms with van der Waals surface area (Å²) in [5.74, 6) is -0.770. The van der Waals surface area contributed by atoms with Crippen LogP contribution in [0.25, 0.3) is 0 Å². The second kappa shape index (κ2) is 7.81. The number of hydrogen-bond donors (Lipinski definition) is 1. The topological polar surface area (TPSA) is 115 Å². The first-order valence-electron chi connectivity index (χ1n) is 7.46. The predicted octanol–water partition coefficient (Wildman–Crippen LogP) is 3.49. The lowest BCUT2D eigenvalue weighted by molar-refractivity contribution is -0.394. The van der Waals surface area contributed by atoms with Gasteiger partial charge in [-0.1, -0.05) is 12.1 Å². The third kappa shape index (κ3) is 5.23. The van der Waals surface area contributed by atoms with E-state index in [1.165, 1.54) is 12.1 Å². The van der Waals surface area contributed by atoms with E-state index in [4.69, 9.17) is 0 Å². The highest BCUT2D eigenvalue weighted by Gasteiger charge is 2.29. The lowest BCUT2D eigenvalue weighted by Gasteiger charge is -2.08. The van der Waals surface area contributed by atoms with Crippen LogP contribution in [0.5, 0.6) is 0 Å². The molecule has 2 rings (SSSR count). The van der Waals surface area contributed by atoms with Crippen LogP contribution in [0.3, 0.4) is 0 Å². The summed E-state index contributed by atoms with van der Waals surface area (Å²) in [6.07, 6.45) is -4.23. The summed E-state index contributed by atoms with van der Waals surface area (Å²) >= 11 is 0. The Labute approximate surface area is 149 Å². The second-order valence-corrected chi connectivity index (χ2v) is 5.45. The van der Waals surface area contributed by atoms with Crippen LogP contribution in [-0.2, 0) is 12.6 Å². The van der Waals surface area contributed by atoms with Crippen LogP contribution in [0.2, 0.25) is 0 Å². The monoisotopic (exact) mass is 383 g/mol. The molecule has 0 radical (unpaired) electrons. The molecule has 11 heteroatoms. The fourth-order valence-electron chi connectivity index (χ4n) is 2.22. The molecule has 0 saturated carbocycles. The molecule has 0 fully saturated rings. The molecule has 1 N–H and O–H groups in total. The Hall–Kier alpha value is -3.50. The number of rotatable bonds is 6. The molecule has 0 unspecified atom stereocenters. The Balaban J connectivity index is 2.03. The number of carbonyl (C=O) groups excluding carboxylic acids is 1. The Morgan fingerprint density at radius 1 is 0.963 bits per heavy atom. The van der Waals surface area contributed by atoms with Gasteiger partial charge in [-0.05, 0) is 24.1 Å². The summed E-state index contributed by atoms with van der Waals surface area (Å²) in [5.41, 5.74) is -1.72. The van der Waals surface area contributed by atoms with Gasteiger partial charge in [-0.15, -0.1) is 0 Å². The molecule has 0 spiro atoms. The van der Waals surface area contributed by atoms with Crippen LogP contribution in [-0.4, -0.2) is 22.3 Å². The summed E-state index contributed by atoms with van der Waals surface area (Å²) in [4.78, 5) is 32.0. The minimum Gasteiger partial charge on any atom is -0.352 e. The Bertz CT molecular complexity index is 850. The molecule has 0 aliphatic rings. The number of benzene rings is 2. The number of halogens is 3. The van der Waals surface area contributed by atoms with Crippen molar-refractivity contribution in [2.75, 3.05) is 6.54 Å². The molecule has 0 aromatic heterocycles. The van der Waals surface area contributed by atoms with Crippen molar-refractivity contribution in [1.29, 1.82) is 0 Å². The zero-order valence-corrected chi connectivity index (χ0v) is 13.5. The van der Waals surface area contributed by atoms with E-state index >= 15 is 0 Å². The van der Waals surface area contributed by atoms with Crippen LogP contribution in [0.4, 0.5) is 24.5 Å². The number of nitrogens with one attached hydrogen (secondary N) is 1. The number of non-ortho nitro benzene ring substituents is 2. The normalized spacial score (nSPS) is 11.1. The average molecular weight is 383 g/mol. The van der Waals surface area contributed by atoms with Crippen molar-refractivity contribution in [1.82, 2.24) is 5.32 Å². The molecular weight excluding hydrogens is 371 g/mol. The van der Waals surface area contributed by atoms with Gasteiger partial charge in [0.25, 0.3) is 17.3 Å². The molecule has 0 aliphatic carbocycles. The van der Waals surface area contributed by atoms with Crippen LogP contribution in [0, 0.1) is 20.2 Å². The summed E-state index contributed by atoms with van der Waals surface area (Å²) < 4.78 is 37.5. The highest BCUT2D eigenvalue weighted by atomic mass is 19.4. The largest absolute Gasteiger partial charge is 0.416 e. The first-order chi connectivity index (χ1) is 12.6. The molecule has 27 heavy (non-hydrogen) atoms. The van der Waals surface area contributed by atoms with Crippen molar-refractivity contribution >= 4 is 17.3 Å². The van der Waals surface area contributed by atoms with Crippen molar-refractivity contribution in [2.45, 2.75) is 12.6 Å². The van der Waals surface area contributed by atoms with Crippen molar-refractivity contribution in [3.05, 3.63) is 79.4 Å². The van der Waals surface area contributed by atoms with Crippen molar-refractivity contribution in [3.63, 3.8) is 0 Å².